The molecule has 29 heavy (non-hydrogen) atoms. The largest absolute Gasteiger partial charge is 0.484 e. The van der Waals surface area contributed by atoms with Crippen LogP contribution in [0, 0.1) is 0 Å². The van der Waals surface area contributed by atoms with Crippen LogP contribution in [0.3, 0.4) is 0 Å². The second-order valence-corrected chi connectivity index (χ2v) is 6.77. The maximum Gasteiger partial charge on any atom is 0.260 e. The summed E-state index contributed by atoms with van der Waals surface area (Å²) in [6.07, 6.45) is 5.05. The van der Waals surface area contributed by atoms with Crippen molar-refractivity contribution in [2.24, 2.45) is 0 Å². The fourth-order valence-electron chi connectivity index (χ4n) is 3.17. The maximum absolute atomic E-state index is 12.5. The molecule has 150 valence electrons. The van der Waals surface area contributed by atoms with Crippen LogP contribution < -0.4 is 4.74 Å². The Morgan fingerprint density at radius 3 is 2.83 bits per heavy atom. The molecule has 0 aliphatic carbocycles. The van der Waals surface area contributed by atoms with Gasteiger partial charge in [-0.25, -0.2) is 0 Å². The molecule has 0 radical (unpaired) electrons. The van der Waals surface area contributed by atoms with Crippen LogP contribution in [0.15, 0.2) is 59.4 Å². The van der Waals surface area contributed by atoms with Gasteiger partial charge in [0.15, 0.2) is 12.4 Å². The van der Waals surface area contributed by atoms with E-state index in [1.165, 1.54) is 0 Å². The molecule has 2 aromatic heterocycles. The quantitative estimate of drug-likeness (QED) is 0.608. The van der Waals surface area contributed by atoms with E-state index < -0.39 is 0 Å². The molecule has 0 bridgehead atoms. The summed E-state index contributed by atoms with van der Waals surface area (Å²) in [4.78, 5) is 22.6. The summed E-state index contributed by atoms with van der Waals surface area (Å²) >= 11 is 0. The average Bonchev–Trinajstić information content (AvgIpc) is 3.27. The first-order chi connectivity index (χ1) is 14.3. The van der Waals surface area contributed by atoms with Crippen LogP contribution in [0.4, 0.5) is 0 Å². The molecule has 3 heterocycles. The molecule has 3 aromatic rings. The summed E-state index contributed by atoms with van der Waals surface area (Å²) in [7, 11) is 0. The minimum Gasteiger partial charge on any atom is -0.484 e. The maximum atomic E-state index is 12.5. The molecule has 4 rings (SSSR count). The topological polar surface area (TPSA) is 90.6 Å². The Morgan fingerprint density at radius 2 is 2.00 bits per heavy atom. The van der Waals surface area contributed by atoms with Crippen molar-refractivity contribution < 1.29 is 18.8 Å². The lowest BCUT2D eigenvalue weighted by Gasteiger charge is -2.32. The van der Waals surface area contributed by atoms with Crippen molar-refractivity contribution in [1.82, 2.24) is 20.0 Å². The number of nitrogens with zero attached hydrogens (tertiary/aromatic N) is 4. The highest BCUT2D eigenvalue weighted by Gasteiger charge is 2.25. The number of aromatic nitrogens is 3. The molecule has 1 unspecified atom stereocenters. The third kappa shape index (κ3) is 5.17. The zero-order valence-electron chi connectivity index (χ0n) is 15.9. The van der Waals surface area contributed by atoms with Crippen molar-refractivity contribution in [1.29, 1.82) is 0 Å². The molecule has 0 N–H and O–H groups in total. The molecular weight excluding hydrogens is 372 g/mol. The molecule has 1 amide bonds. The second kappa shape index (κ2) is 9.29. The predicted molar refractivity (Wildman–Crippen MR) is 104 cm³/mol. The van der Waals surface area contributed by atoms with Crippen LogP contribution in [0.1, 0.15) is 18.7 Å². The Hall–Kier alpha value is -3.26. The van der Waals surface area contributed by atoms with Crippen molar-refractivity contribution >= 4 is 5.91 Å². The van der Waals surface area contributed by atoms with Gasteiger partial charge in [-0.3, -0.25) is 9.78 Å². The normalized spacial score (nSPS) is 16.6. The van der Waals surface area contributed by atoms with Gasteiger partial charge in [0.05, 0.1) is 6.10 Å². The number of carbonyl (C=O) groups excluding carboxylic acids is 1. The van der Waals surface area contributed by atoms with Crippen molar-refractivity contribution in [3.05, 3.63) is 60.7 Å². The molecule has 0 saturated carbocycles. The van der Waals surface area contributed by atoms with Crippen molar-refractivity contribution in [2.75, 3.05) is 19.7 Å². The van der Waals surface area contributed by atoms with Gasteiger partial charge in [0.1, 0.15) is 12.4 Å². The number of likely N-dealkylation sites (tertiary alicyclic amines) is 1. The van der Waals surface area contributed by atoms with Crippen LogP contribution in [0.5, 0.6) is 5.75 Å². The lowest BCUT2D eigenvalue weighted by Crippen LogP contribution is -2.45. The molecule has 1 atom stereocenters. The molecular formula is C21H22N4O4. The highest BCUT2D eigenvalue weighted by molar-refractivity contribution is 5.77. The van der Waals surface area contributed by atoms with E-state index in [9.17, 15) is 4.79 Å². The lowest BCUT2D eigenvalue weighted by atomic mass is 10.1. The third-order valence-electron chi connectivity index (χ3n) is 4.68. The monoisotopic (exact) mass is 394 g/mol. The Balaban J connectivity index is 1.26. The van der Waals surface area contributed by atoms with E-state index in [2.05, 4.69) is 15.1 Å². The molecule has 1 aromatic carbocycles. The van der Waals surface area contributed by atoms with Crippen molar-refractivity contribution in [2.45, 2.75) is 25.6 Å². The van der Waals surface area contributed by atoms with Gasteiger partial charge in [-0.05, 0) is 37.1 Å². The fraction of sp³-hybridized carbons (Fsp3) is 0.333. The molecule has 8 nitrogen and oxygen atoms in total. The Morgan fingerprint density at radius 1 is 1.17 bits per heavy atom. The number of ether oxygens (including phenoxy) is 2. The van der Waals surface area contributed by atoms with E-state index in [-0.39, 0.29) is 25.2 Å². The van der Waals surface area contributed by atoms with Gasteiger partial charge in [-0.1, -0.05) is 23.4 Å². The fourth-order valence-corrected chi connectivity index (χ4v) is 3.17. The first-order valence-electron chi connectivity index (χ1n) is 9.58. The van der Waals surface area contributed by atoms with Crippen LogP contribution in [-0.2, 0) is 16.1 Å². The number of hydrogen-bond acceptors (Lipinski definition) is 7. The van der Waals surface area contributed by atoms with Gasteiger partial charge >= 0.3 is 0 Å². The molecule has 1 fully saturated rings. The molecule has 0 spiro atoms. The zero-order chi connectivity index (χ0) is 19.9. The number of amides is 1. The van der Waals surface area contributed by atoms with Crippen LogP contribution in [0.2, 0.25) is 0 Å². The molecule has 8 heteroatoms. The van der Waals surface area contributed by atoms with E-state index in [4.69, 9.17) is 14.0 Å². The Bertz CT molecular complexity index is 917. The highest BCUT2D eigenvalue weighted by atomic mass is 16.5. The number of carbonyl (C=O) groups is 1. The van der Waals surface area contributed by atoms with Gasteiger partial charge in [0.25, 0.3) is 11.8 Å². The Kier molecular flexibility index (Phi) is 6.11. The summed E-state index contributed by atoms with van der Waals surface area (Å²) < 4.78 is 16.8. The van der Waals surface area contributed by atoms with Gasteiger partial charge in [0.2, 0.25) is 0 Å². The zero-order valence-corrected chi connectivity index (χ0v) is 15.9. The molecule has 1 aliphatic heterocycles. The van der Waals surface area contributed by atoms with Crippen LogP contribution >= 0.6 is 0 Å². The van der Waals surface area contributed by atoms with E-state index >= 15 is 0 Å². The summed E-state index contributed by atoms with van der Waals surface area (Å²) in [6, 6.07) is 12.9. The smallest absolute Gasteiger partial charge is 0.260 e. The van der Waals surface area contributed by atoms with Gasteiger partial charge in [0, 0.05) is 31.0 Å². The average molecular weight is 394 g/mol. The number of hydrogen-bond donors (Lipinski definition) is 0. The summed E-state index contributed by atoms with van der Waals surface area (Å²) in [5, 5.41) is 3.96. The van der Waals surface area contributed by atoms with Gasteiger partial charge < -0.3 is 18.9 Å². The van der Waals surface area contributed by atoms with E-state index in [1.807, 2.05) is 30.3 Å². The highest BCUT2D eigenvalue weighted by Crippen LogP contribution is 2.18. The van der Waals surface area contributed by atoms with E-state index in [0.29, 0.717) is 30.6 Å². The number of rotatable bonds is 7. The standard InChI is InChI=1S/C21H22N4O4/c26-20(15-28-17-5-2-1-3-6-17)25-12-4-7-18(13-25)27-14-19-23-21(29-24-19)16-8-10-22-11-9-16/h1-3,5-6,8-11,18H,4,7,12-15H2. The number of benzene rings is 1. The molecule has 1 saturated heterocycles. The van der Waals surface area contributed by atoms with E-state index in [1.54, 1.807) is 29.4 Å². The van der Waals surface area contributed by atoms with Gasteiger partial charge in [-0.15, -0.1) is 0 Å². The predicted octanol–water partition coefficient (Wildman–Crippen LogP) is 2.72. The first-order valence-corrected chi connectivity index (χ1v) is 9.58. The third-order valence-corrected chi connectivity index (χ3v) is 4.68. The summed E-state index contributed by atoms with van der Waals surface area (Å²) in [6.45, 7) is 1.51. The summed E-state index contributed by atoms with van der Waals surface area (Å²) in [5.41, 5.74) is 0.812. The van der Waals surface area contributed by atoms with Crippen molar-refractivity contribution in [3.8, 4) is 17.2 Å². The number of para-hydroxylation sites is 1. The van der Waals surface area contributed by atoms with Crippen LogP contribution in [-0.4, -0.2) is 51.7 Å². The lowest BCUT2D eigenvalue weighted by molar-refractivity contribution is -0.137. The SMILES string of the molecule is O=C(COc1ccccc1)N1CCCC(OCc2noc(-c3ccncc3)n2)C1. The second-order valence-electron chi connectivity index (χ2n) is 6.77. The van der Waals surface area contributed by atoms with E-state index in [0.717, 1.165) is 18.4 Å². The minimum atomic E-state index is -0.0627. The van der Waals surface area contributed by atoms with Gasteiger partial charge in [-0.2, -0.15) is 4.98 Å². The Labute approximate surface area is 168 Å². The molecule has 1 aliphatic rings. The number of pyridine rings is 1. The minimum absolute atomic E-state index is 0.0247. The van der Waals surface area contributed by atoms with Crippen LogP contribution in [0.25, 0.3) is 11.5 Å². The van der Waals surface area contributed by atoms with Crippen molar-refractivity contribution in [3.63, 3.8) is 0 Å². The number of piperidine rings is 1. The summed E-state index contributed by atoms with van der Waals surface area (Å²) in [5.74, 6) is 1.56. The first kappa shape index (κ1) is 19.1.